The minimum Gasteiger partial charge on any atom is -0.351 e. The van der Waals surface area contributed by atoms with Gasteiger partial charge in [-0.05, 0) is 31.4 Å². The van der Waals surface area contributed by atoms with Crippen molar-refractivity contribution in [2.24, 2.45) is 0 Å². The van der Waals surface area contributed by atoms with Gasteiger partial charge in [0, 0.05) is 13.1 Å². The first-order valence-electron chi connectivity index (χ1n) is 7.24. The van der Waals surface area contributed by atoms with Crippen molar-refractivity contribution in [1.29, 1.82) is 0 Å². The fourth-order valence-electron chi connectivity index (χ4n) is 2.09. The Morgan fingerprint density at radius 2 is 1.86 bits per heavy atom. The van der Waals surface area contributed by atoms with E-state index in [-0.39, 0.29) is 23.9 Å². The zero-order chi connectivity index (χ0) is 15.0. The minimum absolute atomic E-state index is 0. The summed E-state index contributed by atoms with van der Waals surface area (Å²) < 4.78 is 0. The van der Waals surface area contributed by atoms with Crippen molar-refractivity contribution in [1.82, 2.24) is 20.8 Å². The minimum atomic E-state index is -0.418. The Labute approximate surface area is 131 Å². The number of aromatic amines is 1. The van der Waals surface area contributed by atoms with E-state index in [0.29, 0.717) is 25.9 Å². The van der Waals surface area contributed by atoms with Gasteiger partial charge in [0.1, 0.15) is 5.56 Å². The highest BCUT2D eigenvalue weighted by Crippen LogP contribution is 2.09. The number of aromatic nitrogens is 2. The zero-order valence-electron chi connectivity index (χ0n) is 12.9. The molecule has 1 aromatic rings. The van der Waals surface area contributed by atoms with E-state index in [1.54, 1.807) is 0 Å². The molecule has 0 unspecified atom stereocenters. The van der Waals surface area contributed by atoms with Crippen molar-refractivity contribution in [3.05, 3.63) is 27.2 Å². The number of rotatable bonds is 8. The topological polar surface area (TPSA) is 86.9 Å². The smallest absolute Gasteiger partial charge is 0.277 e. The van der Waals surface area contributed by atoms with Crippen molar-refractivity contribution in [2.75, 3.05) is 19.6 Å². The van der Waals surface area contributed by atoms with E-state index in [9.17, 15) is 9.59 Å². The van der Waals surface area contributed by atoms with Gasteiger partial charge in [0.25, 0.3) is 11.5 Å². The van der Waals surface area contributed by atoms with Crippen LogP contribution in [0.15, 0.2) is 4.79 Å². The molecular weight excluding hydrogens is 292 g/mol. The maximum Gasteiger partial charge on any atom is 0.277 e. The van der Waals surface area contributed by atoms with Crippen LogP contribution in [-0.4, -0.2) is 35.7 Å². The highest BCUT2D eigenvalue weighted by molar-refractivity contribution is 5.95. The normalized spacial score (nSPS) is 10.0. The van der Waals surface area contributed by atoms with E-state index in [4.69, 9.17) is 0 Å². The number of nitrogens with one attached hydrogen (secondary N) is 3. The van der Waals surface area contributed by atoms with Crippen molar-refractivity contribution < 1.29 is 4.79 Å². The van der Waals surface area contributed by atoms with Gasteiger partial charge in [0.2, 0.25) is 0 Å². The summed E-state index contributed by atoms with van der Waals surface area (Å²) in [6.45, 7) is 8.09. The third kappa shape index (κ3) is 5.47. The molecule has 0 fully saturated rings. The summed E-state index contributed by atoms with van der Waals surface area (Å²) >= 11 is 0. The van der Waals surface area contributed by atoms with Crippen LogP contribution in [0.4, 0.5) is 0 Å². The molecule has 1 heterocycles. The quantitative estimate of drug-likeness (QED) is 0.626. The molecule has 7 heteroatoms. The van der Waals surface area contributed by atoms with Crippen molar-refractivity contribution in [3.63, 3.8) is 0 Å². The number of hydrogen-bond acceptors (Lipinski definition) is 4. The van der Waals surface area contributed by atoms with E-state index in [0.717, 1.165) is 24.2 Å². The lowest BCUT2D eigenvalue weighted by Gasteiger charge is -2.11. The largest absolute Gasteiger partial charge is 0.351 e. The average Bonchev–Trinajstić information content (AvgIpc) is 2.46. The predicted octanol–water partition coefficient (Wildman–Crippen LogP) is 1.05. The average molecular weight is 317 g/mol. The van der Waals surface area contributed by atoms with E-state index >= 15 is 0 Å². The summed E-state index contributed by atoms with van der Waals surface area (Å²) in [7, 11) is 0. The van der Waals surface area contributed by atoms with Gasteiger partial charge in [0.05, 0.1) is 5.69 Å². The molecule has 1 rings (SSSR count). The number of H-pyrrole nitrogens is 1. The molecule has 0 bridgehead atoms. The standard InChI is InChI=1S/C14H24N4O2.ClH/c1-4-7-15-8-9-16-13(19)12-10(5-2)11(6-3)17-18-14(12)20;/h15H,4-9H2,1-3H3,(H,16,19)(H,18,20);1H. The van der Waals surface area contributed by atoms with Crippen LogP contribution >= 0.6 is 12.4 Å². The number of aryl methyl sites for hydroxylation is 1. The van der Waals surface area contributed by atoms with Crippen molar-refractivity contribution >= 4 is 18.3 Å². The molecule has 1 aromatic heterocycles. The first-order valence-corrected chi connectivity index (χ1v) is 7.24. The van der Waals surface area contributed by atoms with Crippen LogP contribution in [-0.2, 0) is 12.8 Å². The first kappa shape index (κ1) is 19.6. The Morgan fingerprint density at radius 1 is 1.14 bits per heavy atom. The molecule has 0 saturated carbocycles. The number of carbonyl (C=O) groups excluding carboxylic acids is 1. The second-order valence-electron chi connectivity index (χ2n) is 4.57. The van der Waals surface area contributed by atoms with Crippen LogP contribution in [0, 0.1) is 0 Å². The van der Waals surface area contributed by atoms with Gasteiger partial charge in [-0.25, -0.2) is 5.10 Å². The lowest BCUT2D eigenvalue weighted by atomic mass is 10.0. The Kier molecular flexibility index (Phi) is 9.65. The number of nitrogens with zero attached hydrogens (tertiary/aromatic N) is 1. The van der Waals surface area contributed by atoms with Gasteiger partial charge in [-0.3, -0.25) is 9.59 Å². The second-order valence-corrected chi connectivity index (χ2v) is 4.57. The first-order chi connectivity index (χ1) is 9.65. The van der Waals surface area contributed by atoms with Crippen LogP contribution in [0.2, 0.25) is 0 Å². The Balaban J connectivity index is 0.00000400. The van der Waals surface area contributed by atoms with Crippen LogP contribution < -0.4 is 16.2 Å². The molecule has 0 aliphatic carbocycles. The summed E-state index contributed by atoms with van der Waals surface area (Å²) in [6, 6.07) is 0. The van der Waals surface area contributed by atoms with Gasteiger partial charge >= 0.3 is 0 Å². The predicted molar refractivity (Wildman–Crippen MR) is 86.4 cm³/mol. The monoisotopic (exact) mass is 316 g/mol. The molecule has 0 radical (unpaired) electrons. The summed E-state index contributed by atoms with van der Waals surface area (Å²) in [5, 5.41) is 12.4. The zero-order valence-corrected chi connectivity index (χ0v) is 13.7. The highest BCUT2D eigenvalue weighted by atomic mass is 35.5. The Bertz CT molecular complexity index is 502. The van der Waals surface area contributed by atoms with Crippen LogP contribution in [0.5, 0.6) is 0 Å². The third-order valence-corrected chi connectivity index (χ3v) is 3.10. The molecule has 0 atom stereocenters. The Morgan fingerprint density at radius 3 is 2.43 bits per heavy atom. The number of carbonyl (C=O) groups is 1. The number of hydrogen-bond donors (Lipinski definition) is 3. The molecule has 0 aliphatic rings. The lowest BCUT2D eigenvalue weighted by Crippen LogP contribution is -2.36. The summed E-state index contributed by atoms with van der Waals surface area (Å²) in [6.07, 6.45) is 2.37. The van der Waals surface area contributed by atoms with Gasteiger partial charge in [-0.15, -0.1) is 12.4 Å². The fourth-order valence-corrected chi connectivity index (χ4v) is 2.09. The van der Waals surface area contributed by atoms with Crippen LogP contribution in [0.25, 0.3) is 0 Å². The SMILES string of the molecule is CCCNCCNC(=O)c1c(CC)c(CC)n[nH]c1=O.Cl. The summed E-state index contributed by atoms with van der Waals surface area (Å²) in [5.41, 5.74) is 1.31. The Hall–Kier alpha value is -1.40. The molecule has 0 spiro atoms. The third-order valence-electron chi connectivity index (χ3n) is 3.10. The second kappa shape index (κ2) is 10.3. The number of halogens is 1. The van der Waals surface area contributed by atoms with Gasteiger partial charge in [0.15, 0.2) is 0 Å². The van der Waals surface area contributed by atoms with E-state index in [1.807, 2.05) is 13.8 Å². The number of amides is 1. The molecule has 0 saturated heterocycles. The summed E-state index contributed by atoms with van der Waals surface area (Å²) in [4.78, 5) is 24.0. The van der Waals surface area contributed by atoms with E-state index < -0.39 is 5.56 Å². The van der Waals surface area contributed by atoms with Gasteiger partial charge in [-0.2, -0.15) is 5.10 Å². The van der Waals surface area contributed by atoms with Crippen molar-refractivity contribution in [2.45, 2.75) is 40.0 Å². The molecule has 3 N–H and O–H groups in total. The van der Waals surface area contributed by atoms with Gasteiger partial charge < -0.3 is 10.6 Å². The molecule has 120 valence electrons. The van der Waals surface area contributed by atoms with E-state index in [1.165, 1.54) is 0 Å². The lowest BCUT2D eigenvalue weighted by molar-refractivity contribution is 0.0951. The van der Waals surface area contributed by atoms with E-state index in [2.05, 4.69) is 27.8 Å². The van der Waals surface area contributed by atoms with Gasteiger partial charge in [-0.1, -0.05) is 20.8 Å². The molecule has 0 aromatic carbocycles. The van der Waals surface area contributed by atoms with Crippen LogP contribution in [0.3, 0.4) is 0 Å². The molecule has 21 heavy (non-hydrogen) atoms. The molecular formula is C14H25ClN4O2. The molecule has 0 aliphatic heterocycles. The molecule has 6 nitrogen and oxygen atoms in total. The maximum absolute atomic E-state index is 12.2. The summed E-state index contributed by atoms with van der Waals surface area (Å²) in [5.74, 6) is -0.321. The van der Waals surface area contributed by atoms with Crippen LogP contribution in [0.1, 0.15) is 48.8 Å². The molecule has 1 amide bonds. The van der Waals surface area contributed by atoms with Crippen molar-refractivity contribution in [3.8, 4) is 0 Å². The maximum atomic E-state index is 12.2. The fraction of sp³-hybridized carbons (Fsp3) is 0.643. The highest BCUT2D eigenvalue weighted by Gasteiger charge is 2.18.